The van der Waals surface area contributed by atoms with Crippen molar-refractivity contribution < 1.29 is 15.0 Å². The number of rotatable bonds is 10. The lowest BCUT2D eigenvalue weighted by Crippen LogP contribution is -2.33. The number of nitrogens with zero attached hydrogens (tertiary/aromatic N) is 1. The van der Waals surface area contributed by atoms with Crippen LogP contribution in [0.15, 0.2) is 0 Å². The lowest BCUT2D eigenvalue weighted by atomic mass is 10.1. The minimum atomic E-state index is -0.746. The number of hydrogen-bond donors (Lipinski definition) is 2. The molecule has 0 aromatic heterocycles. The van der Waals surface area contributed by atoms with E-state index in [4.69, 9.17) is 10.2 Å². The van der Waals surface area contributed by atoms with Crippen molar-refractivity contribution in [3.05, 3.63) is 0 Å². The van der Waals surface area contributed by atoms with Gasteiger partial charge >= 0.3 is 5.97 Å². The van der Waals surface area contributed by atoms with E-state index in [1.54, 1.807) is 6.92 Å². The quantitative estimate of drug-likeness (QED) is 0.560. The van der Waals surface area contributed by atoms with Crippen LogP contribution in [-0.4, -0.2) is 47.3 Å². The van der Waals surface area contributed by atoms with E-state index in [1.807, 2.05) is 0 Å². The van der Waals surface area contributed by atoms with Crippen LogP contribution in [0, 0.1) is 5.92 Å². The Labute approximate surface area is 98.3 Å². The SMILES string of the molecule is CCCCCN(CCCO)CC(C)C(=O)O. The molecule has 0 saturated heterocycles. The van der Waals surface area contributed by atoms with E-state index in [2.05, 4.69) is 11.8 Å². The third-order valence-electron chi connectivity index (χ3n) is 2.66. The van der Waals surface area contributed by atoms with Crippen molar-refractivity contribution in [1.29, 1.82) is 0 Å². The average Bonchev–Trinajstić information content (AvgIpc) is 2.25. The Balaban J connectivity index is 3.93. The fourth-order valence-electron chi connectivity index (χ4n) is 1.64. The molecule has 0 bridgehead atoms. The summed E-state index contributed by atoms with van der Waals surface area (Å²) in [6, 6.07) is 0. The molecule has 0 radical (unpaired) electrons. The van der Waals surface area contributed by atoms with Gasteiger partial charge in [-0.3, -0.25) is 4.79 Å². The number of carboxylic acid groups (broad SMARTS) is 1. The molecular formula is C12H25NO3. The molecule has 1 unspecified atom stereocenters. The summed E-state index contributed by atoms with van der Waals surface area (Å²) in [5.74, 6) is -1.08. The van der Waals surface area contributed by atoms with Crippen molar-refractivity contribution >= 4 is 5.97 Å². The maximum Gasteiger partial charge on any atom is 0.307 e. The molecule has 0 saturated carbocycles. The standard InChI is InChI=1S/C12H25NO3/c1-3-4-5-7-13(8-6-9-14)10-11(2)12(15)16/h11,14H,3-10H2,1-2H3,(H,15,16). The molecule has 0 heterocycles. The minimum absolute atomic E-state index is 0.172. The molecule has 4 nitrogen and oxygen atoms in total. The van der Waals surface area contributed by atoms with Crippen LogP contribution in [-0.2, 0) is 4.79 Å². The van der Waals surface area contributed by atoms with Crippen LogP contribution < -0.4 is 0 Å². The molecule has 0 aromatic carbocycles. The van der Waals surface area contributed by atoms with E-state index in [0.717, 1.165) is 25.9 Å². The number of aliphatic hydroxyl groups is 1. The van der Waals surface area contributed by atoms with Crippen LogP contribution in [0.2, 0.25) is 0 Å². The molecule has 0 fully saturated rings. The predicted molar refractivity (Wildman–Crippen MR) is 64.5 cm³/mol. The van der Waals surface area contributed by atoms with Crippen molar-refractivity contribution in [3.63, 3.8) is 0 Å². The largest absolute Gasteiger partial charge is 0.481 e. The summed E-state index contributed by atoms with van der Waals surface area (Å²) in [5, 5.41) is 17.6. The number of hydrogen-bond acceptors (Lipinski definition) is 3. The predicted octanol–water partition coefficient (Wildman–Crippen LogP) is 1.58. The lowest BCUT2D eigenvalue weighted by molar-refractivity contribution is -0.141. The van der Waals surface area contributed by atoms with Crippen molar-refractivity contribution in [3.8, 4) is 0 Å². The third-order valence-corrected chi connectivity index (χ3v) is 2.66. The van der Waals surface area contributed by atoms with Crippen LogP contribution in [0.1, 0.15) is 39.5 Å². The fourth-order valence-corrected chi connectivity index (χ4v) is 1.64. The smallest absolute Gasteiger partial charge is 0.307 e. The van der Waals surface area contributed by atoms with Gasteiger partial charge in [-0.2, -0.15) is 0 Å². The zero-order valence-corrected chi connectivity index (χ0v) is 10.5. The highest BCUT2D eigenvalue weighted by molar-refractivity contribution is 5.69. The van der Waals surface area contributed by atoms with Crippen molar-refractivity contribution in [2.75, 3.05) is 26.2 Å². The second-order valence-corrected chi connectivity index (χ2v) is 4.32. The summed E-state index contributed by atoms with van der Waals surface area (Å²) in [7, 11) is 0. The highest BCUT2D eigenvalue weighted by Gasteiger charge is 2.15. The molecule has 0 aromatic rings. The number of carboxylic acids is 1. The molecule has 16 heavy (non-hydrogen) atoms. The zero-order valence-electron chi connectivity index (χ0n) is 10.5. The van der Waals surface area contributed by atoms with Crippen LogP contribution in [0.4, 0.5) is 0 Å². The first-order chi connectivity index (χ1) is 7.61. The summed E-state index contributed by atoms with van der Waals surface area (Å²) in [4.78, 5) is 12.9. The van der Waals surface area contributed by atoms with Gasteiger partial charge in [0, 0.05) is 19.7 Å². The van der Waals surface area contributed by atoms with Gasteiger partial charge in [-0.1, -0.05) is 26.7 Å². The molecule has 96 valence electrons. The van der Waals surface area contributed by atoms with Crippen molar-refractivity contribution in [1.82, 2.24) is 4.90 Å². The van der Waals surface area contributed by atoms with Gasteiger partial charge in [0.05, 0.1) is 5.92 Å². The maximum absolute atomic E-state index is 10.8. The van der Waals surface area contributed by atoms with Gasteiger partial charge in [-0.25, -0.2) is 0 Å². The second kappa shape index (κ2) is 9.60. The molecule has 0 amide bonds. The van der Waals surface area contributed by atoms with Gasteiger partial charge in [-0.05, 0) is 19.4 Å². The first-order valence-electron chi connectivity index (χ1n) is 6.17. The summed E-state index contributed by atoms with van der Waals surface area (Å²) < 4.78 is 0. The van der Waals surface area contributed by atoms with E-state index in [9.17, 15) is 4.79 Å². The molecule has 4 heteroatoms. The Morgan fingerprint density at radius 2 is 1.88 bits per heavy atom. The zero-order chi connectivity index (χ0) is 12.4. The maximum atomic E-state index is 10.8. The van der Waals surface area contributed by atoms with Crippen molar-refractivity contribution in [2.45, 2.75) is 39.5 Å². The number of carbonyl (C=O) groups is 1. The Morgan fingerprint density at radius 3 is 2.38 bits per heavy atom. The summed E-state index contributed by atoms with van der Waals surface area (Å²) in [6.45, 7) is 6.36. The van der Waals surface area contributed by atoms with Crippen LogP contribution in [0.5, 0.6) is 0 Å². The van der Waals surface area contributed by atoms with E-state index in [-0.39, 0.29) is 12.5 Å². The van der Waals surface area contributed by atoms with Gasteiger partial charge < -0.3 is 15.1 Å². The van der Waals surface area contributed by atoms with Crippen LogP contribution in [0.25, 0.3) is 0 Å². The van der Waals surface area contributed by atoms with E-state index >= 15 is 0 Å². The average molecular weight is 231 g/mol. The first-order valence-corrected chi connectivity index (χ1v) is 6.17. The molecule has 0 aliphatic carbocycles. The van der Waals surface area contributed by atoms with Gasteiger partial charge in [0.2, 0.25) is 0 Å². The molecular weight excluding hydrogens is 206 g/mol. The molecule has 0 spiro atoms. The van der Waals surface area contributed by atoms with Crippen molar-refractivity contribution in [2.24, 2.45) is 5.92 Å². The molecule has 2 N–H and O–H groups in total. The second-order valence-electron chi connectivity index (χ2n) is 4.32. The highest BCUT2D eigenvalue weighted by atomic mass is 16.4. The highest BCUT2D eigenvalue weighted by Crippen LogP contribution is 2.04. The summed E-state index contributed by atoms with van der Waals surface area (Å²) >= 11 is 0. The number of aliphatic hydroxyl groups excluding tert-OH is 1. The van der Waals surface area contributed by atoms with Crippen LogP contribution >= 0.6 is 0 Å². The van der Waals surface area contributed by atoms with E-state index in [0.29, 0.717) is 6.54 Å². The van der Waals surface area contributed by atoms with Gasteiger partial charge in [-0.15, -0.1) is 0 Å². The first kappa shape index (κ1) is 15.4. The molecule has 0 aliphatic heterocycles. The lowest BCUT2D eigenvalue weighted by Gasteiger charge is -2.23. The molecule has 1 atom stereocenters. The normalized spacial score (nSPS) is 13.0. The minimum Gasteiger partial charge on any atom is -0.481 e. The Morgan fingerprint density at radius 1 is 1.25 bits per heavy atom. The monoisotopic (exact) mass is 231 g/mol. The Hall–Kier alpha value is -0.610. The van der Waals surface area contributed by atoms with Crippen LogP contribution in [0.3, 0.4) is 0 Å². The van der Waals surface area contributed by atoms with Gasteiger partial charge in [0.15, 0.2) is 0 Å². The molecule has 0 aliphatic rings. The third kappa shape index (κ3) is 7.65. The topological polar surface area (TPSA) is 60.8 Å². The molecule has 0 rings (SSSR count). The van der Waals surface area contributed by atoms with Gasteiger partial charge in [0.25, 0.3) is 0 Å². The summed E-state index contributed by atoms with van der Waals surface area (Å²) in [5.41, 5.74) is 0. The summed E-state index contributed by atoms with van der Waals surface area (Å²) in [6.07, 6.45) is 4.17. The Bertz CT molecular complexity index is 185. The number of unbranched alkanes of at least 4 members (excludes halogenated alkanes) is 2. The van der Waals surface area contributed by atoms with E-state index < -0.39 is 5.97 Å². The van der Waals surface area contributed by atoms with E-state index in [1.165, 1.54) is 12.8 Å². The number of aliphatic carboxylic acids is 1. The fraction of sp³-hybridized carbons (Fsp3) is 0.917. The Kier molecular flexibility index (Phi) is 9.24. The van der Waals surface area contributed by atoms with Gasteiger partial charge in [0.1, 0.15) is 0 Å².